The lowest BCUT2D eigenvalue weighted by atomic mass is 10.0. The van der Waals surface area contributed by atoms with Gasteiger partial charge in [0.1, 0.15) is 0 Å². The molecule has 0 saturated heterocycles. The maximum Gasteiger partial charge on any atom is 0.307 e. The van der Waals surface area contributed by atoms with Crippen LogP contribution in [0.25, 0.3) is 0 Å². The smallest absolute Gasteiger partial charge is 0.307 e. The van der Waals surface area contributed by atoms with Crippen molar-refractivity contribution in [2.75, 3.05) is 11.9 Å². The van der Waals surface area contributed by atoms with E-state index in [9.17, 15) is 4.79 Å². The highest BCUT2D eigenvalue weighted by Crippen LogP contribution is 2.13. The van der Waals surface area contributed by atoms with Gasteiger partial charge >= 0.3 is 5.97 Å². The summed E-state index contributed by atoms with van der Waals surface area (Å²) >= 11 is 0. The highest BCUT2D eigenvalue weighted by molar-refractivity contribution is 5.70. The molecule has 0 amide bonds. The van der Waals surface area contributed by atoms with Crippen LogP contribution in [0.15, 0.2) is 54.6 Å². The molecule has 0 saturated carbocycles. The molecule has 0 heterocycles. The van der Waals surface area contributed by atoms with E-state index in [-0.39, 0.29) is 6.42 Å². The number of hydrogen-bond acceptors (Lipinski definition) is 2. The van der Waals surface area contributed by atoms with Gasteiger partial charge in [-0.05, 0) is 42.5 Å². The minimum absolute atomic E-state index is 0.0898. The van der Waals surface area contributed by atoms with Crippen LogP contribution in [0.1, 0.15) is 62.5 Å². The summed E-state index contributed by atoms with van der Waals surface area (Å²) in [6.45, 7) is 0.982. The number of aliphatic carboxylic acids is 1. The first kappa shape index (κ1) is 21.0. The number of aryl methyl sites for hydroxylation is 1. The van der Waals surface area contributed by atoms with E-state index in [2.05, 4.69) is 35.6 Å². The van der Waals surface area contributed by atoms with E-state index in [0.29, 0.717) is 0 Å². The Labute approximate surface area is 163 Å². The van der Waals surface area contributed by atoms with E-state index in [1.807, 2.05) is 24.3 Å². The third-order valence-corrected chi connectivity index (χ3v) is 4.87. The second-order valence-corrected chi connectivity index (χ2v) is 7.26. The van der Waals surface area contributed by atoms with Crippen molar-refractivity contribution in [3.8, 4) is 0 Å². The molecule has 0 unspecified atom stereocenters. The van der Waals surface area contributed by atoms with Gasteiger partial charge in [0.05, 0.1) is 6.42 Å². The van der Waals surface area contributed by atoms with Crippen LogP contribution >= 0.6 is 0 Å². The van der Waals surface area contributed by atoms with Crippen molar-refractivity contribution in [1.29, 1.82) is 0 Å². The van der Waals surface area contributed by atoms with Crippen LogP contribution in [0.5, 0.6) is 0 Å². The average molecular weight is 368 g/mol. The monoisotopic (exact) mass is 367 g/mol. The lowest BCUT2D eigenvalue weighted by molar-refractivity contribution is -0.136. The molecule has 0 aliphatic carbocycles. The van der Waals surface area contributed by atoms with Crippen LogP contribution in [-0.4, -0.2) is 17.6 Å². The van der Waals surface area contributed by atoms with E-state index >= 15 is 0 Å². The number of nitrogens with one attached hydrogen (secondary N) is 1. The standard InChI is InChI=1S/C24H33NO2/c26-24(27)20-22-15-17-23(18-16-22)25-19-11-6-4-2-1-3-5-8-12-21-13-9-7-10-14-21/h7,9-10,13-18,25H,1-6,8,11-12,19-20H2,(H,26,27). The van der Waals surface area contributed by atoms with Gasteiger partial charge in [-0.1, -0.05) is 81.0 Å². The summed E-state index contributed by atoms with van der Waals surface area (Å²) in [5.74, 6) is -0.785. The van der Waals surface area contributed by atoms with Crippen molar-refractivity contribution in [3.63, 3.8) is 0 Å². The third-order valence-electron chi connectivity index (χ3n) is 4.87. The van der Waals surface area contributed by atoms with Gasteiger partial charge in [-0.3, -0.25) is 4.79 Å². The van der Waals surface area contributed by atoms with Crippen molar-refractivity contribution in [1.82, 2.24) is 0 Å². The molecule has 2 N–H and O–H groups in total. The molecule has 2 aromatic rings. The van der Waals surface area contributed by atoms with Crippen LogP contribution in [-0.2, 0) is 17.6 Å². The van der Waals surface area contributed by atoms with Crippen molar-refractivity contribution in [2.24, 2.45) is 0 Å². The molecule has 2 aromatic carbocycles. The second-order valence-electron chi connectivity index (χ2n) is 7.26. The van der Waals surface area contributed by atoms with Gasteiger partial charge in [0.2, 0.25) is 0 Å². The number of carbonyl (C=O) groups is 1. The highest BCUT2D eigenvalue weighted by Gasteiger charge is 2.00. The number of benzene rings is 2. The summed E-state index contributed by atoms with van der Waals surface area (Å²) in [6.07, 6.45) is 11.8. The Bertz CT molecular complexity index is 637. The minimum Gasteiger partial charge on any atom is -0.481 e. The van der Waals surface area contributed by atoms with Gasteiger partial charge in [-0.15, -0.1) is 0 Å². The molecular weight excluding hydrogens is 334 g/mol. The first-order valence-electron chi connectivity index (χ1n) is 10.3. The number of rotatable bonds is 14. The molecule has 3 heteroatoms. The zero-order valence-corrected chi connectivity index (χ0v) is 16.3. The molecule has 27 heavy (non-hydrogen) atoms. The first-order chi connectivity index (χ1) is 13.2. The topological polar surface area (TPSA) is 49.3 Å². The van der Waals surface area contributed by atoms with Gasteiger partial charge in [-0.25, -0.2) is 0 Å². The van der Waals surface area contributed by atoms with Crippen LogP contribution in [0.4, 0.5) is 5.69 Å². The molecule has 0 aliphatic heterocycles. The van der Waals surface area contributed by atoms with Gasteiger partial charge in [0.25, 0.3) is 0 Å². The zero-order valence-electron chi connectivity index (χ0n) is 16.3. The number of carboxylic acids is 1. The summed E-state index contributed by atoms with van der Waals surface area (Å²) in [7, 11) is 0. The predicted octanol–water partition coefficient (Wildman–Crippen LogP) is 6.09. The van der Waals surface area contributed by atoms with E-state index in [1.54, 1.807) is 0 Å². The maximum atomic E-state index is 10.7. The number of anilines is 1. The summed E-state index contributed by atoms with van der Waals surface area (Å²) in [5, 5.41) is 12.2. The van der Waals surface area contributed by atoms with Crippen LogP contribution in [0.3, 0.4) is 0 Å². The average Bonchev–Trinajstić information content (AvgIpc) is 2.68. The molecule has 0 fully saturated rings. The highest BCUT2D eigenvalue weighted by atomic mass is 16.4. The van der Waals surface area contributed by atoms with Gasteiger partial charge in [0.15, 0.2) is 0 Å². The van der Waals surface area contributed by atoms with Gasteiger partial charge < -0.3 is 10.4 Å². The largest absolute Gasteiger partial charge is 0.481 e. The fraction of sp³-hybridized carbons (Fsp3) is 0.458. The molecule has 0 radical (unpaired) electrons. The Morgan fingerprint density at radius 3 is 1.93 bits per heavy atom. The van der Waals surface area contributed by atoms with E-state index in [1.165, 1.54) is 63.4 Å². The molecule has 3 nitrogen and oxygen atoms in total. The first-order valence-corrected chi connectivity index (χ1v) is 10.3. The molecule has 0 bridgehead atoms. The molecule has 0 aromatic heterocycles. The summed E-state index contributed by atoms with van der Waals surface area (Å²) in [5.41, 5.74) is 3.38. The van der Waals surface area contributed by atoms with Crippen molar-refractivity contribution in [2.45, 2.75) is 64.2 Å². The lowest BCUT2D eigenvalue weighted by Crippen LogP contribution is -2.03. The Hall–Kier alpha value is -2.29. The quantitative estimate of drug-likeness (QED) is 0.397. The van der Waals surface area contributed by atoms with E-state index in [4.69, 9.17) is 5.11 Å². The normalized spacial score (nSPS) is 10.7. The third kappa shape index (κ3) is 9.83. The summed E-state index contributed by atoms with van der Waals surface area (Å²) in [4.78, 5) is 10.7. The molecule has 0 atom stereocenters. The van der Waals surface area contributed by atoms with Crippen LogP contribution in [0.2, 0.25) is 0 Å². The Kier molecular flexibility index (Phi) is 10.1. The fourth-order valence-corrected chi connectivity index (χ4v) is 3.31. The second kappa shape index (κ2) is 13.0. The molecule has 0 spiro atoms. The number of carboxylic acid groups (broad SMARTS) is 1. The van der Waals surface area contributed by atoms with Crippen molar-refractivity contribution < 1.29 is 9.90 Å². The van der Waals surface area contributed by atoms with E-state index < -0.39 is 5.97 Å². The minimum atomic E-state index is -0.785. The zero-order chi connectivity index (χ0) is 19.2. The van der Waals surface area contributed by atoms with Crippen molar-refractivity contribution >= 4 is 11.7 Å². The molecule has 2 rings (SSSR count). The summed E-state index contributed by atoms with van der Waals surface area (Å²) < 4.78 is 0. The fourth-order valence-electron chi connectivity index (χ4n) is 3.31. The number of unbranched alkanes of at least 4 members (excludes halogenated alkanes) is 7. The molecular formula is C24H33NO2. The summed E-state index contributed by atoms with van der Waals surface area (Å²) in [6, 6.07) is 18.5. The SMILES string of the molecule is O=C(O)Cc1ccc(NCCCCCCCCCCc2ccccc2)cc1. The molecule has 146 valence electrons. The Balaban J connectivity index is 1.40. The van der Waals surface area contributed by atoms with E-state index in [0.717, 1.165) is 17.8 Å². The van der Waals surface area contributed by atoms with Gasteiger partial charge in [-0.2, -0.15) is 0 Å². The van der Waals surface area contributed by atoms with Gasteiger partial charge in [0, 0.05) is 12.2 Å². The Morgan fingerprint density at radius 1 is 0.704 bits per heavy atom. The maximum absolute atomic E-state index is 10.7. The number of hydrogen-bond donors (Lipinski definition) is 2. The lowest BCUT2D eigenvalue weighted by Gasteiger charge is -2.07. The van der Waals surface area contributed by atoms with Crippen LogP contribution < -0.4 is 5.32 Å². The predicted molar refractivity (Wildman–Crippen MR) is 113 cm³/mol. The van der Waals surface area contributed by atoms with Crippen molar-refractivity contribution in [3.05, 3.63) is 65.7 Å². The molecule has 0 aliphatic rings. The van der Waals surface area contributed by atoms with Crippen LogP contribution in [0, 0.1) is 0 Å². The Morgan fingerprint density at radius 2 is 1.30 bits per heavy atom.